The van der Waals surface area contributed by atoms with Gasteiger partial charge in [0.15, 0.2) is 5.13 Å². The zero-order valence-electron chi connectivity index (χ0n) is 16.8. The summed E-state index contributed by atoms with van der Waals surface area (Å²) in [6, 6.07) is 7.13. The Hall–Kier alpha value is -3.36. The second kappa shape index (κ2) is 9.84. The number of fused-ring (bicyclic) bond motifs is 1. The molecule has 0 saturated carbocycles. The Morgan fingerprint density at radius 2 is 1.97 bits per heavy atom. The number of amides is 1. The van der Waals surface area contributed by atoms with Gasteiger partial charge in [-0.05, 0) is 19.1 Å². The number of carbonyl (C=O) groups is 2. The van der Waals surface area contributed by atoms with Crippen LogP contribution in [-0.2, 0) is 27.4 Å². The van der Waals surface area contributed by atoms with Crippen molar-refractivity contribution in [3.8, 4) is 0 Å². The fourth-order valence-electron chi connectivity index (χ4n) is 2.86. The molecule has 1 amide bonds. The number of H-pyrrole nitrogens is 1. The minimum absolute atomic E-state index is 0.179. The van der Waals surface area contributed by atoms with Crippen molar-refractivity contribution in [1.82, 2.24) is 19.4 Å². The maximum Gasteiger partial charge on any atom is 0.328 e. The van der Waals surface area contributed by atoms with Gasteiger partial charge in [-0.15, -0.1) is 0 Å². The summed E-state index contributed by atoms with van der Waals surface area (Å²) in [5.74, 6) is -2.01. The van der Waals surface area contributed by atoms with Gasteiger partial charge in [0.05, 0.1) is 16.8 Å². The normalized spacial score (nSPS) is 11.9. The number of hydrogen-bond acceptors (Lipinski definition) is 7. The Morgan fingerprint density at radius 3 is 2.62 bits per heavy atom. The van der Waals surface area contributed by atoms with E-state index in [2.05, 4.69) is 9.97 Å². The molecule has 0 aliphatic heterocycles. The Bertz CT molecular complexity index is 1270. The third-order valence-electron chi connectivity index (χ3n) is 4.43. The predicted octanol–water partition coefficient (Wildman–Crippen LogP) is 0.0112. The second-order valence-electron chi connectivity index (χ2n) is 6.71. The molecule has 1 aromatic carbocycles. The largest absolute Gasteiger partial charge is 0.480 e. The number of aromatic amines is 1. The molecule has 12 nitrogen and oxygen atoms in total. The van der Waals surface area contributed by atoms with E-state index in [9.17, 15) is 33.0 Å². The summed E-state index contributed by atoms with van der Waals surface area (Å²) in [5.41, 5.74) is -0.552. The molecule has 3 N–H and O–H groups in total. The Kier molecular flexibility index (Phi) is 7.17. The van der Waals surface area contributed by atoms with Gasteiger partial charge in [-0.3, -0.25) is 28.5 Å². The van der Waals surface area contributed by atoms with E-state index in [0.717, 1.165) is 18.5 Å². The first-order valence-electron chi connectivity index (χ1n) is 9.19. The van der Waals surface area contributed by atoms with E-state index in [1.807, 2.05) is 0 Å². The molecular formula is C18H19N5O7S2. The number of carboxylic acid groups (broad SMARTS) is 1. The molecule has 3 aromatic rings. The van der Waals surface area contributed by atoms with E-state index in [0.29, 0.717) is 5.52 Å². The minimum Gasteiger partial charge on any atom is -0.480 e. The lowest BCUT2D eigenvalue weighted by atomic mass is 10.3. The minimum atomic E-state index is -2.47. The van der Waals surface area contributed by atoms with Gasteiger partial charge in [0, 0.05) is 18.3 Å². The first-order chi connectivity index (χ1) is 15.2. The lowest BCUT2D eigenvalue weighted by Gasteiger charge is -2.24. The van der Waals surface area contributed by atoms with E-state index in [-0.39, 0.29) is 23.8 Å². The maximum absolute atomic E-state index is 12.7. The van der Waals surface area contributed by atoms with Gasteiger partial charge < -0.3 is 10.0 Å². The zero-order chi connectivity index (χ0) is 23.4. The Labute approximate surface area is 187 Å². The Balaban J connectivity index is 1.79. The molecule has 0 aliphatic rings. The summed E-state index contributed by atoms with van der Waals surface area (Å²) < 4.78 is 24.4. The number of carboxylic acids is 1. The summed E-state index contributed by atoms with van der Waals surface area (Å²) in [5, 5.41) is 9.42. The van der Waals surface area contributed by atoms with Crippen LogP contribution in [0.4, 0.5) is 5.13 Å². The third kappa shape index (κ3) is 5.46. The van der Waals surface area contributed by atoms with Crippen LogP contribution < -0.4 is 15.6 Å². The van der Waals surface area contributed by atoms with Crippen molar-refractivity contribution in [2.75, 3.05) is 23.9 Å². The van der Waals surface area contributed by atoms with Crippen LogP contribution in [0.15, 0.2) is 40.1 Å². The number of nitrogens with one attached hydrogen (secondary N) is 1. The summed E-state index contributed by atoms with van der Waals surface area (Å²) in [6.07, 6.45) is 1.20. The van der Waals surface area contributed by atoms with Crippen LogP contribution in [0.1, 0.15) is 5.56 Å². The van der Waals surface area contributed by atoms with Crippen LogP contribution in [0.25, 0.3) is 10.2 Å². The average Bonchev–Trinajstić information content (AvgIpc) is 3.14. The van der Waals surface area contributed by atoms with E-state index in [4.69, 9.17) is 0 Å². The van der Waals surface area contributed by atoms with Crippen molar-refractivity contribution in [3.05, 3.63) is 56.9 Å². The number of para-hydroxylation sites is 1. The molecule has 0 spiro atoms. The number of aryl methyl sites for hydroxylation is 1. The van der Waals surface area contributed by atoms with Crippen LogP contribution in [0.3, 0.4) is 0 Å². The number of carbonyl (C=O) groups excluding carboxylic acids is 1. The van der Waals surface area contributed by atoms with Gasteiger partial charge in [0.2, 0.25) is 5.91 Å². The SMILES string of the molecule is Cc1cn(CC(=O)N(CCN(c2nc3ccccc3s2)S(=O)O)CC(=O)O)c(=O)[nH]c1=O. The van der Waals surface area contributed by atoms with E-state index >= 15 is 0 Å². The number of benzene rings is 1. The van der Waals surface area contributed by atoms with Crippen LogP contribution in [0, 0.1) is 6.92 Å². The molecule has 170 valence electrons. The van der Waals surface area contributed by atoms with Crippen molar-refractivity contribution in [3.63, 3.8) is 0 Å². The van der Waals surface area contributed by atoms with E-state index < -0.39 is 47.5 Å². The number of aliphatic carboxylic acids is 1. The van der Waals surface area contributed by atoms with Gasteiger partial charge in [0.1, 0.15) is 13.1 Å². The highest BCUT2D eigenvalue weighted by atomic mass is 32.2. The molecule has 0 saturated heterocycles. The van der Waals surface area contributed by atoms with Gasteiger partial charge in [-0.1, -0.05) is 23.5 Å². The molecule has 32 heavy (non-hydrogen) atoms. The van der Waals surface area contributed by atoms with Crippen molar-refractivity contribution in [2.24, 2.45) is 0 Å². The van der Waals surface area contributed by atoms with Gasteiger partial charge in [0.25, 0.3) is 16.8 Å². The number of rotatable bonds is 9. The van der Waals surface area contributed by atoms with Gasteiger partial charge in [-0.2, -0.15) is 0 Å². The molecule has 0 fully saturated rings. The van der Waals surface area contributed by atoms with E-state index in [1.165, 1.54) is 24.5 Å². The quantitative estimate of drug-likeness (QED) is 0.360. The lowest BCUT2D eigenvalue weighted by Crippen LogP contribution is -2.44. The third-order valence-corrected chi connectivity index (χ3v) is 6.34. The monoisotopic (exact) mass is 481 g/mol. The van der Waals surface area contributed by atoms with E-state index in [1.54, 1.807) is 24.3 Å². The molecule has 0 bridgehead atoms. The summed E-state index contributed by atoms with van der Waals surface area (Å²) >= 11 is -1.29. The first-order valence-corrected chi connectivity index (χ1v) is 11.1. The topological polar surface area (TPSA) is 166 Å². The highest BCUT2D eigenvalue weighted by Crippen LogP contribution is 2.29. The maximum atomic E-state index is 12.7. The number of anilines is 1. The summed E-state index contributed by atoms with van der Waals surface area (Å²) in [6.45, 7) is -0.124. The van der Waals surface area contributed by atoms with Gasteiger partial charge >= 0.3 is 11.7 Å². The van der Waals surface area contributed by atoms with Gasteiger partial charge in [-0.25, -0.2) is 18.3 Å². The molecule has 14 heteroatoms. The molecule has 3 rings (SSSR count). The average molecular weight is 482 g/mol. The summed E-state index contributed by atoms with van der Waals surface area (Å²) in [7, 11) is 0. The molecular weight excluding hydrogens is 462 g/mol. The highest BCUT2D eigenvalue weighted by molar-refractivity contribution is 7.81. The summed E-state index contributed by atoms with van der Waals surface area (Å²) in [4.78, 5) is 54.7. The van der Waals surface area contributed by atoms with Crippen LogP contribution in [0.5, 0.6) is 0 Å². The number of thiazole rings is 1. The molecule has 1 unspecified atom stereocenters. The van der Waals surface area contributed by atoms with Crippen LogP contribution in [-0.4, -0.2) is 64.8 Å². The van der Waals surface area contributed by atoms with Crippen molar-refractivity contribution >= 4 is 49.8 Å². The zero-order valence-corrected chi connectivity index (χ0v) is 18.4. The molecule has 2 heterocycles. The predicted molar refractivity (Wildman–Crippen MR) is 118 cm³/mol. The fraction of sp³-hybridized carbons (Fsp3) is 0.278. The Morgan fingerprint density at radius 1 is 1.25 bits per heavy atom. The smallest absolute Gasteiger partial charge is 0.328 e. The number of hydrogen-bond donors (Lipinski definition) is 3. The molecule has 1 atom stereocenters. The second-order valence-corrected chi connectivity index (χ2v) is 8.62. The van der Waals surface area contributed by atoms with Crippen molar-refractivity contribution < 1.29 is 23.5 Å². The lowest BCUT2D eigenvalue weighted by molar-refractivity contribution is -0.144. The molecule has 2 aromatic heterocycles. The molecule has 0 radical (unpaired) electrons. The van der Waals surface area contributed by atoms with Crippen molar-refractivity contribution in [1.29, 1.82) is 0 Å². The van der Waals surface area contributed by atoms with Crippen molar-refractivity contribution in [2.45, 2.75) is 13.5 Å². The number of nitrogens with zero attached hydrogens (tertiary/aromatic N) is 4. The standard InChI is InChI=1S/C18H19N5O7S2/c1-11-8-22(17(28)20-16(11)27)9-14(24)21(10-15(25)26)6-7-23(32(29)30)18-19-12-4-2-3-5-13(12)31-18/h2-5,8H,6-7,9-10H2,1H3,(H,25,26)(H,29,30)(H,20,27,28). The number of aromatic nitrogens is 3. The fourth-order valence-corrected chi connectivity index (χ4v) is 4.47. The first kappa shape index (κ1) is 23.3. The molecule has 0 aliphatic carbocycles. The van der Waals surface area contributed by atoms with Crippen LogP contribution >= 0.6 is 11.3 Å². The van der Waals surface area contributed by atoms with Crippen LogP contribution in [0.2, 0.25) is 0 Å². The highest BCUT2D eigenvalue weighted by Gasteiger charge is 2.23.